The Morgan fingerprint density at radius 2 is 1.88 bits per heavy atom. The largest absolute Gasteiger partial charge is 0.364 e. The Morgan fingerprint density at radius 3 is 2.67 bits per heavy atom. The Morgan fingerprint density at radius 1 is 1.12 bits per heavy atom. The molecule has 2 atom stereocenters. The second-order valence-corrected chi connectivity index (χ2v) is 6.87. The van der Waals surface area contributed by atoms with Gasteiger partial charge in [0.15, 0.2) is 5.41 Å². The van der Waals surface area contributed by atoms with E-state index in [9.17, 15) is 14.4 Å². The predicted molar refractivity (Wildman–Crippen MR) is 87.5 cm³/mol. The Kier molecular flexibility index (Phi) is 3.18. The number of urea groups is 1. The molecule has 0 radical (unpaired) electrons. The number of benzene rings is 1. The number of para-hydroxylation sites is 1. The number of rotatable bonds is 0. The summed E-state index contributed by atoms with van der Waals surface area (Å²) < 4.78 is 0. The zero-order chi connectivity index (χ0) is 17.1. The first-order valence-electron chi connectivity index (χ1n) is 8.12. The predicted octanol–water partition coefficient (Wildman–Crippen LogP) is 0.0577. The molecule has 7 nitrogen and oxygen atoms in total. The Balaban J connectivity index is 1.89. The smallest absolute Gasteiger partial charge is 0.330 e. The molecule has 3 aliphatic heterocycles. The van der Waals surface area contributed by atoms with E-state index in [1.807, 2.05) is 31.3 Å². The molecule has 4 rings (SSSR count). The molecule has 0 aliphatic carbocycles. The lowest BCUT2D eigenvalue weighted by Crippen LogP contribution is -2.74. The van der Waals surface area contributed by atoms with Crippen LogP contribution in [0.5, 0.6) is 0 Å². The number of nitrogens with zero attached hydrogens (tertiary/aromatic N) is 3. The molecule has 2 unspecified atom stereocenters. The molecule has 2 fully saturated rings. The van der Waals surface area contributed by atoms with Crippen LogP contribution in [0.3, 0.4) is 0 Å². The van der Waals surface area contributed by atoms with Crippen LogP contribution in [-0.2, 0) is 16.0 Å². The SMILES string of the molecule is CN1CCN2c3ccccc3CC3(C(=O)NC(=O)N(C)C3=O)C2C1. The van der Waals surface area contributed by atoms with Crippen molar-refractivity contribution in [3.05, 3.63) is 29.8 Å². The maximum absolute atomic E-state index is 13.1. The van der Waals surface area contributed by atoms with E-state index in [4.69, 9.17) is 0 Å². The number of hydrogen-bond donors (Lipinski definition) is 1. The van der Waals surface area contributed by atoms with Crippen LogP contribution in [0.25, 0.3) is 0 Å². The summed E-state index contributed by atoms with van der Waals surface area (Å²) in [6.45, 7) is 2.22. The van der Waals surface area contributed by atoms with Crippen LogP contribution in [0, 0.1) is 5.41 Å². The van der Waals surface area contributed by atoms with Crippen molar-refractivity contribution in [3.63, 3.8) is 0 Å². The van der Waals surface area contributed by atoms with Crippen LogP contribution in [0.2, 0.25) is 0 Å². The maximum atomic E-state index is 13.1. The first kappa shape index (κ1) is 15.1. The summed E-state index contributed by atoms with van der Waals surface area (Å²) in [7, 11) is 3.43. The van der Waals surface area contributed by atoms with Crippen molar-refractivity contribution in [1.29, 1.82) is 0 Å². The quantitative estimate of drug-likeness (QED) is 0.682. The molecular formula is C17H20N4O3. The topological polar surface area (TPSA) is 73.0 Å². The van der Waals surface area contributed by atoms with Crippen LogP contribution in [0.4, 0.5) is 10.5 Å². The number of anilines is 1. The average Bonchev–Trinajstić information content (AvgIpc) is 2.58. The molecule has 3 heterocycles. The summed E-state index contributed by atoms with van der Waals surface area (Å²) in [6, 6.07) is 6.97. The van der Waals surface area contributed by atoms with Crippen LogP contribution in [-0.4, -0.2) is 67.4 Å². The number of barbiturate groups is 1. The van der Waals surface area contributed by atoms with Gasteiger partial charge in [-0.2, -0.15) is 0 Å². The third-order valence-corrected chi connectivity index (χ3v) is 5.54. The second-order valence-electron chi connectivity index (χ2n) is 6.87. The van der Waals surface area contributed by atoms with E-state index >= 15 is 0 Å². The van der Waals surface area contributed by atoms with Gasteiger partial charge in [-0.25, -0.2) is 4.79 Å². The molecule has 3 aliphatic rings. The molecule has 0 saturated carbocycles. The zero-order valence-electron chi connectivity index (χ0n) is 13.8. The van der Waals surface area contributed by atoms with Crippen molar-refractivity contribution in [2.24, 2.45) is 5.41 Å². The third kappa shape index (κ3) is 1.84. The van der Waals surface area contributed by atoms with E-state index in [0.717, 1.165) is 29.2 Å². The molecule has 24 heavy (non-hydrogen) atoms. The molecule has 2 saturated heterocycles. The van der Waals surface area contributed by atoms with Gasteiger partial charge in [0.1, 0.15) is 0 Å². The summed E-state index contributed by atoms with van der Waals surface area (Å²) in [6.07, 6.45) is 0.320. The average molecular weight is 328 g/mol. The van der Waals surface area contributed by atoms with Crippen molar-refractivity contribution in [2.75, 3.05) is 38.6 Å². The number of piperazine rings is 1. The molecule has 1 aromatic carbocycles. The van der Waals surface area contributed by atoms with Gasteiger partial charge < -0.3 is 9.80 Å². The highest BCUT2D eigenvalue weighted by atomic mass is 16.2. The van der Waals surface area contributed by atoms with Gasteiger partial charge in [0.25, 0.3) is 0 Å². The highest BCUT2D eigenvalue weighted by Gasteiger charge is 2.61. The second kappa shape index (κ2) is 5.04. The number of fused-ring (bicyclic) bond motifs is 4. The fraction of sp³-hybridized carbons (Fsp3) is 0.471. The molecule has 126 valence electrons. The summed E-state index contributed by atoms with van der Waals surface area (Å²) in [5.41, 5.74) is 0.803. The summed E-state index contributed by atoms with van der Waals surface area (Å²) in [4.78, 5) is 43.2. The first-order valence-corrected chi connectivity index (χ1v) is 8.12. The number of likely N-dealkylation sites (N-methyl/N-ethyl adjacent to an activating group) is 1. The summed E-state index contributed by atoms with van der Waals surface area (Å²) >= 11 is 0. The van der Waals surface area contributed by atoms with Crippen molar-refractivity contribution in [3.8, 4) is 0 Å². The molecule has 0 bridgehead atoms. The normalized spacial score (nSPS) is 30.2. The van der Waals surface area contributed by atoms with E-state index in [1.54, 1.807) is 0 Å². The number of carbonyl (C=O) groups excluding carboxylic acids is 3. The molecule has 1 aromatic rings. The minimum Gasteiger partial charge on any atom is -0.364 e. The lowest BCUT2D eigenvalue weighted by molar-refractivity contribution is -0.153. The third-order valence-electron chi connectivity index (χ3n) is 5.54. The molecule has 7 heteroatoms. The van der Waals surface area contributed by atoms with Gasteiger partial charge in [0.2, 0.25) is 11.8 Å². The van der Waals surface area contributed by atoms with Crippen molar-refractivity contribution in [2.45, 2.75) is 12.5 Å². The van der Waals surface area contributed by atoms with E-state index in [0.29, 0.717) is 13.0 Å². The minimum absolute atomic E-state index is 0.283. The van der Waals surface area contributed by atoms with Gasteiger partial charge in [-0.15, -0.1) is 0 Å². The molecule has 0 aromatic heterocycles. The Bertz CT molecular complexity index is 749. The van der Waals surface area contributed by atoms with Gasteiger partial charge in [0.05, 0.1) is 6.04 Å². The highest BCUT2D eigenvalue weighted by molar-refractivity contribution is 6.20. The maximum Gasteiger partial charge on any atom is 0.330 e. The first-order chi connectivity index (χ1) is 11.4. The molecule has 1 N–H and O–H groups in total. The van der Waals surface area contributed by atoms with E-state index < -0.39 is 23.3 Å². The van der Waals surface area contributed by atoms with Crippen molar-refractivity contribution in [1.82, 2.24) is 15.1 Å². The van der Waals surface area contributed by atoms with Gasteiger partial charge in [-0.1, -0.05) is 18.2 Å². The number of amides is 4. The number of imide groups is 2. The van der Waals surface area contributed by atoms with Crippen LogP contribution in [0.15, 0.2) is 24.3 Å². The fourth-order valence-corrected chi connectivity index (χ4v) is 4.22. The monoisotopic (exact) mass is 328 g/mol. The van der Waals surface area contributed by atoms with E-state index in [1.165, 1.54) is 7.05 Å². The summed E-state index contributed by atoms with van der Waals surface area (Å²) in [5, 5.41) is 2.38. The van der Waals surface area contributed by atoms with Crippen LogP contribution >= 0.6 is 0 Å². The van der Waals surface area contributed by atoms with Crippen LogP contribution < -0.4 is 10.2 Å². The highest BCUT2D eigenvalue weighted by Crippen LogP contribution is 2.45. The van der Waals surface area contributed by atoms with Gasteiger partial charge in [0, 0.05) is 32.4 Å². The molecule has 4 amide bonds. The van der Waals surface area contributed by atoms with Gasteiger partial charge in [-0.3, -0.25) is 19.8 Å². The van der Waals surface area contributed by atoms with E-state index in [2.05, 4.69) is 15.1 Å². The number of hydrogen-bond acceptors (Lipinski definition) is 5. The Labute approximate surface area is 140 Å². The molecular weight excluding hydrogens is 308 g/mol. The number of nitrogens with one attached hydrogen (secondary N) is 1. The van der Waals surface area contributed by atoms with Crippen molar-refractivity contribution < 1.29 is 14.4 Å². The minimum atomic E-state index is -1.26. The fourth-order valence-electron chi connectivity index (χ4n) is 4.22. The lowest BCUT2D eigenvalue weighted by Gasteiger charge is -2.54. The molecule has 1 spiro atoms. The standard InChI is InChI=1S/C17H20N4O3/c1-19-7-8-21-12-6-4-3-5-11(12)9-17(13(21)10-19)14(22)18-16(24)20(2)15(17)23/h3-6,13H,7-10H2,1-2H3,(H,18,22,24). The van der Waals surface area contributed by atoms with Gasteiger partial charge in [-0.05, 0) is 25.1 Å². The summed E-state index contributed by atoms with van der Waals surface area (Å²) in [5.74, 6) is -0.883. The Hall–Kier alpha value is -2.41. The van der Waals surface area contributed by atoms with E-state index in [-0.39, 0.29) is 6.04 Å². The number of carbonyl (C=O) groups is 3. The zero-order valence-corrected chi connectivity index (χ0v) is 13.8. The van der Waals surface area contributed by atoms with Crippen molar-refractivity contribution >= 4 is 23.5 Å². The van der Waals surface area contributed by atoms with Gasteiger partial charge >= 0.3 is 6.03 Å². The lowest BCUT2D eigenvalue weighted by atomic mass is 9.68. The van der Waals surface area contributed by atoms with Crippen LogP contribution in [0.1, 0.15) is 5.56 Å².